The molecule has 0 amide bonds. The van der Waals surface area contributed by atoms with E-state index < -0.39 is 0 Å². The van der Waals surface area contributed by atoms with Crippen molar-refractivity contribution in [3.63, 3.8) is 0 Å². The molecule has 0 spiro atoms. The van der Waals surface area contributed by atoms with Crippen LogP contribution in [-0.2, 0) is 4.74 Å². The van der Waals surface area contributed by atoms with Crippen LogP contribution in [0.1, 0.15) is 30.1 Å². The zero-order valence-electron chi connectivity index (χ0n) is 11.6. The first-order valence-electron chi connectivity index (χ1n) is 6.78. The normalized spacial score (nSPS) is 18.3. The van der Waals surface area contributed by atoms with E-state index >= 15 is 0 Å². The Hall–Kier alpha value is -1.62. The first-order chi connectivity index (χ1) is 9.27. The van der Waals surface area contributed by atoms with E-state index in [-0.39, 0.29) is 5.97 Å². The number of hydrogen-bond acceptors (Lipinski definition) is 5. The fourth-order valence-electron chi connectivity index (χ4n) is 2.50. The number of nitrogens with one attached hydrogen (secondary N) is 1. The highest BCUT2D eigenvalue weighted by Gasteiger charge is 2.26. The highest BCUT2D eigenvalue weighted by molar-refractivity contribution is 5.94. The molecule has 2 rings (SSSR count). The van der Waals surface area contributed by atoms with Crippen molar-refractivity contribution in [2.24, 2.45) is 0 Å². The van der Waals surface area contributed by atoms with Gasteiger partial charge in [0.15, 0.2) is 0 Å². The Bertz CT molecular complexity index is 430. The molecule has 0 bridgehead atoms. The standard InChI is InChI=1S/C14H21N3O2/c1-3-9-17(11-6-8-15-10-11)13-12(14(18)19-2)5-4-7-16-13/h4-5,7,11,15H,3,6,8-10H2,1-2H3. The van der Waals surface area contributed by atoms with Crippen LogP contribution in [0.4, 0.5) is 5.82 Å². The molecule has 1 saturated heterocycles. The fraction of sp³-hybridized carbons (Fsp3) is 0.571. The molecule has 1 atom stereocenters. The lowest BCUT2D eigenvalue weighted by molar-refractivity contribution is 0.0601. The number of anilines is 1. The zero-order chi connectivity index (χ0) is 13.7. The molecular formula is C14H21N3O2. The van der Waals surface area contributed by atoms with E-state index in [0.717, 1.165) is 38.3 Å². The van der Waals surface area contributed by atoms with Crippen LogP contribution in [0.5, 0.6) is 0 Å². The van der Waals surface area contributed by atoms with Gasteiger partial charge in [0.05, 0.1) is 7.11 Å². The molecule has 1 unspecified atom stereocenters. The SMILES string of the molecule is CCCN(c1ncccc1C(=O)OC)C1CCNC1. The van der Waals surface area contributed by atoms with Crippen LogP contribution in [0.15, 0.2) is 18.3 Å². The summed E-state index contributed by atoms with van der Waals surface area (Å²) < 4.78 is 4.85. The third-order valence-electron chi connectivity index (χ3n) is 3.40. The molecule has 0 aliphatic carbocycles. The average Bonchev–Trinajstić information content (AvgIpc) is 2.98. The number of aromatic nitrogens is 1. The summed E-state index contributed by atoms with van der Waals surface area (Å²) in [4.78, 5) is 18.5. The molecule has 19 heavy (non-hydrogen) atoms. The van der Waals surface area contributed by atoms with Crippen LogP contribution in [0, 0.1) is 0 Å². The van der Waals surface area contributed by atoms with E-state index in [2.05, 4.69) is 22.1 Å². The molecule has 5 nitrogen and oxygen atoms in total. The second-order valence-corrected chi connectivity index (χ2v) is 4.71. The van der Waals surface area contributed by atoms with Crippen molar-refractivity contribution >= 4 is 11.8 Å². The Labute approximate surface area is 114 Å². The molecule has 1 fully saturated rings. The van der Waals surface area contributed by atoms with Crippen LogP contribution < -0.4 is 10.2 Å². The molecule has 0 aromatic carbocycles. The van der Waals surface area contributed by atoms with Gasteiger partial charge in [0.1, 0.15) is 11.4 Å². The number of hydrogen-bond donors (Lipinski definition) is 1. The van der Waals surface area contributed by atoms with E-state index in [9.17, 15) is 4.79 Å². The number of rotatable bonds is 5. The summed E-state index contributed by atoms with van der Waals surface area (Å²) in [6.07, 6.45) is 3.83. The van der Waals surface area contributed by atoms with Gasteiger partial charge in [-0.1, -0.05) is 6.92 Å². The maximum Gasteiger partial charge on any atom is 0.341 e. The topological polar surface area (TPSA) is 54.5 Å². The van der Waals surface area contributed by atoms with Gasteiger partial charge in [-0.15, -0.1) is 0 Å². The lowest BCUT2D eigenvalue weighted by Gasteiger charge is -2.30. The second-order valence-electron chi connectivity index (χ2n) is 4.71. The highest BCUT2D eigenvalue weighted by Crippen LogP contribution is 2.23. The molecule has 0 saturated carbocycles. The monoisotopic (exact) mass is 263 g/mol. The number of ether oxygens (including phenoxy) is 1. The predicted molar refractivity (Wildman–Crippen MR) is 74.5 cm³/mol. The van der Waals surface area contributed by atoms with Crippen LogP contribution in [0.2, 0.25) is 0 Å². The van der Waals surface area contributed by atoms with Crippen molar-refractivity contribution < 1.29 is 9.53 Å². The molecule has 1 aliphatic heterocycles. The van der Waals surface area contributed by atoms with Crippen molar-refractivity contribution in [1.82, 2.24) is 10.3 Å². The van der Waals surface area contributed by atoms with Crippen molar-refractivity contribution in [2.75, 3.05) is 31.6 Å². The Morgan fingerprint density at radius 3 is 3.11 bits per heavy atom. The van der Waals surface area contributed by atoms with Crippen molar-refractivity contribution in [3.05, 3.63) is 23.9 Å². The van der Waals surface area contributed by atoms with E-state index in [1.807, 2.05) is 0 Å². The minimum Gasteiger partial charge on any atom is -0.465 e. The Morgan fingerprint density at radius 2 is 2.47 bits per heavy atom. The maximum atomic E-state index is 11.9. The smallest absolute Gasteiger partial charge is 0.341 e. The molecule has 1 aromatic heterocycles. The van der Waals surface area contributed by atoms with Crippen molar-refractivity contribution in [1.29, 1.82) is 0 Å². The maximum absolute atomic E-state index is 11.9. The average molecular weight is 263 g/mol. The largest absolute Gasteiger partial charge is 0.465 e. The first-order valence-corrected chi connectivity index (χ1v) is 6.78. The third-order valence-corrected chi connectivity index (χ3v) is 3.40. The quantitative estimate of drug-likeness (QED) is 0.815. The zero-order valence-corrected chi connectivity index (χ0v) is 11.6. The van der Waals surface area contributed by atoms with Gasteiger partial charge in [0.2, 0.25) is 0 Å². The Kier molecular flexibility index (Phi) is 4.74. The summed E-state index contributed by atoms with van der Waals surface area (Å²) in [7, 11) is 1.40. The van der Waals surface area contributed by atoms with Crippen LogP contribution in [-0.4, -0.2) is 43.7 Å². The van der Waals surface area contributed by atoms with Gasteiger partial charge in [-0.2, -0.15) is 0 Å². The minimum absolute atomic E-state index is 0.324. The summed E-state index contributed by atoms with van der Waals surface area (Å²) in [6, 6.07) is 3.95. The molecule has 0 radical (unpaired) electrons. The molecular weight excluding hydrogens is 242 g/mol. The predicted octanol–water partition coefficient (Wildman–Crippen LogP) is 1.45. The highest BCUT2D eigenvalue weighted by atomic mass is 16.5. The first kappa shape index (κ1) is 13.8. The summed E-state index contributed by atoms with van der Waals surface area (Å²) in [6.45, 7) is 4.99. The van der Waals surface area contributed by atoms with E-state index in [1.54, 1.807) is 18.3 Å². The van der Waals surface area contributed by atoms with Gasteiger partial charge in [-0.25, -0.2) is 9.78 Å². The molecule has 2 heterocycles. The van der Waals surface area contributed by atoms with Gasteiger partial charge in [-0.05, 0) is 31.5 Å². The second kappa shape index (κ2) is 6.52. The number of carbonyl (C=O) groups excluding carboxylic acids is 1. The van der Waals surface area contributed by atoms with Crippen LogP contribution in [0.25, 0.3) is 0 Å². The van der Waals surface area contributed by atoms with Crippen LogP contribution >= 0.6 is 0 Å². The summed E-state index contributed by atoms with van der Waals surface area (Å²) in [5, 5.41) is 3.36. The number of pyridine rings is 1. The molecule has 1 N–H and O–H groups in total. The van der Waals surface area contributed by atoms with Gasteiger partial charge >= 0.3 is 5.97 Å². The Morgan fingerprint density at radius 1 is 1.63 bits per heavy atom. The van der Waals surface area contributed by atoms with Gasteiger partial charge < -0.3 is 15.0 Å². The Balaban J connectivity index is 2.32. The van der Waals surface area contributed by atoms with Gasteiger partial charge in [0, 0.05) is 25.3 Å². The van der Waals surface area contributed by atoms with E-state index in [0.29, 0.717) is 11.6 Å². The molecule has 1 aromatic rings. The van der Waals surface area contributed by atoms with Gasteiger partial charge in [0.25, 0.3) is 0 Å². The third kappa shape index (κ3) is 3.04. The number of nitrogens with zero attached hydrogens (tertiary/aromatic N) is 2. The summed E-state index contributed by atoms with van der Waals surface area (Å²) >= 11 is 0. The number of esters is 1. The number of methoxy groups -OCH3 is 1. The van der Waals surface area contributed by atoms with Crippen molar-refractivity contribution in [3.8, 4) is 0 Å². The van der Waals surface area contributed by atoms with Crippen molar-refractivity contribution in [2.45, 2.75) is 25.8 Å². The van der Waals surface area contributed by atoms with E-state index in [1.165, 1.54) is 7.11 Å². The molecule has 1 aliphatic rings. The molecule has 104 valence electrons. The van der Waals surface area contributed by atoms with Crippen LogP contribution in [0.3, 0.4) is 0 Å². The molecule has 5 heteroatoms. The summed E-state index contributed by atoms with van der Waals surface area (Å²) in [5.41, 5.74) is 0.547. The minimum atomic E-state index is -0.324. The van der Waals surface area contributed by atoms with E-state index in [4.69, 9.17) is 4.74 Å². The number of carbonyl (C=O) groups is 1. The lowest BCUT2D eigenvalue weighted by atomic mass is 10.1. The van der Waals surface area contributed by atoms with Gasteiger partial charge in [-0.3, -0.25) is 0 Å². The fourth-order valence-corrected chi connectivity index (χ4v) is 2.50. The summed E-state index contributed by atoms with van der Waals surface area (Å²) in [5.74, 6) is 0.417. The lowest BCUT2D eigenvalue weighted by Crippen LogP contribution is -2.39.